The molecule has 2 rings (SSSR count). The van der Waals surface area contributed by atoms with Crippen molar-refractivity contribution in [3.05, 3.63) is 23.8 Å². The van der Waals surface area contributed by atoms with E-state index in [1.165, 1.54) is 13.2 Å². The Hall–Kier alpha value is -2.04. The molecule has 1 amide bonds. The zero-order valence-electron chi connectivity index (χ0n) is 12.6. The summed E-state index contributed by atoms with van der Waals surface area (Å²) in [6, 6.07) is 4.55. The number of rotatable bonds is 4. The van der Waals surface area contributed by atoms with Gasteiger partial charge in [-0.05, 0) is 30.4 Å². The van der Waals surface area contributed by atoms with E-state index < -0.39 is 5.97 Å². The number of carbonyl (C=O) groups excluding carboxylic acids is 1. The normalized spacial score (nSPS) is 20.0. The lowest BCUT2D eigenvalue weighted by Gasteiger charge is -2.26. The molecule has 1 atom stereocenters. The molecule has 0 radical (unpaired) electrons. The number of aromatic carboxylic acids is 1. The maximum absolute atomic E-state index is 12.5. The summed E-state index contributed by atoms with van der Waals surface area (Å²) in [6.07, 6.45) is 2.87. The SMILES string of the molecule is COc1ccc(C(=O)O)c(NC(=O)C2CCCC2(C)C)c1. The summed E-state index contributed by atoms with van der Waals surface area (Å²) < 4.78 is 5.09. The lowest BCUT2D eigenvalue weighted by atomic mass is 9.81. The van der Waals surface area contributed by atoms with Crippen molar-refractivity contribution in [3.63, 3.8) is 0 Å². The van der Waals surface area contributed by atoms with Gasteiger partial charge in [0.25, 0.3) is 0 Å². The van der Waals surface area contributed by atoms with Crippen molar-refractivity contribution in [2.24, 2.45) is 11.3 Å². The van der Waals surface area contributed by atoms with Crippen molar-refractivity contribution >= 4 is 17.6 Å². The lowest BCUT2D eigenvalue weighted by molar-refractivity contribution is -0.122. The second-order valence-electron chi connectivity index (χ2n) is 6.14. The minimum atomic E-state index is -1.07. The summed E-state index contributed by atoms with van der Waals surface area (Å²) in [5, 5.41) is 12.0. The van der Waals surface area contributed by atoms with Crippen LogP contribution in [0.3, 0.4) is 0 Å². The van der Waals surface area contributed by atoms with Gasteiger partial charge in [-0.25, -0.2) is 4.79 Å². The van der Waals surface area contributed by atoms with Crippen LogP contribution < -0.4 is 10.1 Å². The smallest absolute Gasteiger partial charge is 0.337 e. The van der Waals surface area contributed by atoms with Crippen molar-refractivity contribution in [1.29, 1.82) is 0 Å². The molecule has 0 heterocycles. The van der Waals surface area contributed by atoms with E-state index in [0.717, 1.165) is 19.3 Å². The monoisotopic (exact) mass is 291 g/mol. The van der Waals surface area contributed by atoms with Crippen LogP contribution in [0.15, 0.2) is 18.2 Å². The molecule has 0 aromatic heterocycles. The van der Waals surface area contributed by atoms with Crippen LogP contribution in [0.2, 0.25) is 0 Å². The molecule has 1 unspecified atom stereocenters. The fraction of sp³-hybridized carbons (Fsp3) is 0.500. The van der Waals surface area contributed by atoms with Crippen LogP contribution in [0, 0.1) is 11.3 Å². The molecule has 1 aromatic carbocycles. The molecule has 0 spiro atoms. The van der Waals surface area contributed by atoms with Gasteiger partial charge in [-0.3, -0.25) is 4.79 Å². The van der Waals surface area contributed by atoms with Crippen molar-refractivity contribution in [1.82, 2.24) is 0 Å². The number of ether oxygens (including phenoxy) is 1. The predicted octanol–water partition coefficient (Wildman–Crippen LogP) is 3.16. The quantitative estimate of drug-likeness (QED) is 0.893. The van der Waals surface area contributed by atoms with Crippen molar-refractivity contribution in [2.75, 3.05) is 12.4 Å². The number of hydrogen-bond acceptors (Lipinski definition) is 3. The molecule has 1 saturated carbocycles. The maximum Gasteiger partial charge on any atom is 0.337 e. The van der Waals surface area contributed by atoms with E-state index >= 15 is 0 Å². The fourth-order valence-electron chi connectivity index (χ4n) is 2.97. The number of amides is 1. The van der Waals surface area contributed by atoms with Gasteiger partial charge in [-0.15, -0.1) is 0 Å². The van der Waals surface area contributed by atoms with Gasteiger partial charge in [0.2, 0.25) is 5.91 Å². The molecule has 0 aliphatic heterocycles. The fourth-order valence-corrected chi connectivity index (χ4v) is 2.97. The third kappa shape index (κ3) is 3.17. The number of hydrogen-bond donors (Lipinski definition) is 2. The average molecular weight is 291 g/mol. The van der Waals surface area contributed by atoms with Crippen LogP contribution in [-0.4, -0.2) is 24.1 Å². The van der Waals surface area contributed by atoms with Crippen molar-refractivity contribution in [3.8, 4) is 5.75 Å². The minimum absolute atomic E-state index is 0.0493. The predicted molar refractivity (Wildman–Crippen MR) is 79.7 cm³/mol. The van der Waals surface area contributed by atoms with Gasteiger partial charge in [0.1, 0.15) is 5.75 Å². The van der Waals surface area contributed by atoms with Gasteiger partial charge in [0.05, 0.1) is 18.4 Å². The van der Waals surface area contributed by atoms with Crippen LogP contribution in [0.5, 0.6) is 5.75 Å². The number of carbonyl (C=O) groups is 2. The van der Waals surface area contributed by atoms with Gasteiger partial charge in [0, 0.05) is 12.0 Å². The van der Waals surface area contributed by atoms with E-state index in [4.69, 9.17) is 4.74 Å². The number of anilines is 1. The van der Waals surface area contributed by atoms with E-state index in [2.05, 4.69) is 19.2 Å². The van der Waals surface area contributed by atoms with Crippen molar-refractivity contribution in [2.45, 2.75) is 33.1 Å². The molecule has 21 heavy (non-hydrogen) atoms. The Morgan fingerprint density at radius 2 is 2.10 bits per heavy atom. The number of carboxylic acids is 1. The average Bonchev–Trinajstić information content (AvgIpc) is 2.77. The second kappa shape index (κ2) is 5.76. The Kier molecular flexibility index (Phi) is 4.21. The second-order valence-corrected chi connectivity index (χ2v) is 6.14. The molecule has 2 N–H and O–H groups in total. The summed E-state index contributed by atoms with van der Waals surface area (Å²) in [7, 11) is 1.50. The van der Waals surface area contributed by atoms with Gasteiger partial charge >= 0.3 is 5.97 Å². The first-order valence-electron chi connectivity index (χ1n) is 7.07. The molecule has 1 fully saturated rings. The number of methoxy groups -OCH3 is 1. The highest BCUT2D eigenvalue weighted by molar-refractivity contribution is 6.01. The van der Waals surface area contributed by atoms with Crippen molar-refractivity contribution < 1.29 is 19.4 Å². The van der Waals surface area contributed by atoms with E-state index in [1.807, 2.05) is 0 Å². The first-order valence-corrected chi connectivity index (χ1v) is 7.07. The van der Waals surface area contributed by atoms with Gasteiger partial charge in [-0.2, -0.15) is 0 Å². The Balaban J connectivity index is 2.26. The standard InChI is InChI=1S/C16H21NO4/c1-16(2)8-4-5-12(16)14(18)17-13-9-10(21-3)6-7-11(13)15(19)20/h6-7,9,12H,4-5,8H2,1-3H3,(H,17,18)(H,19,20). The van der Waals surface area contributed by atoms with Gasteiger partial charge < -0.3 is 15.2 Å². The molecule has 0 saturated heterocycles. The number of benzene rings is 1. The summed E-state index contributed by atoms with van der Waals surface area (Å²) in [6.45, 7) is 4.15. The molecule has 1 aliphatic carbocycles. The lowest BCUT2D eigenvalue weighted by Crippen LogP contribution is -2.31. The molecule has 1 aromatic rings. The van der Waals surface area contributed by atoms with Gasteiger partial charge in [0.15, 0.2) is 0 Å². The molecule has 0 bridgehead atoms. The van der Waals surface area contributed by atoms with E-state index in [0.29, 0.717) is 5.75 Å². The van der Waals surface area contributed by atoms with Crippen LogP contribution >= 0.6 is 0 Å². The zero-order valence-corrected chi connectivity index (χ0v) is 12.6. The summed E-state index contributed by atoms with van der Waals surface area (Å²) >= 11 is 0. The third-order valence-corrected chi connectivity index (χ3v) is 4.29. The van der Waals surface area contributed by atoms with E-state index in [1.54, 1.807) is 12.1 Å². The Bertz CT molecular complexity index is 565. The molecular weight excluding hydrogens is 270 g/mol. The first kappa shape index (κ1) is 15.4. The molecular formula is C16H21NO4. The highest BCUT2D eigenvalue weighted by atomic mass is 16.5. The van der Waals surface area contributed by atoms with Crippen LogP contribution in [-0.2, 0) is 4.79 Å². The summed E-state index contributed by atoms with van der Waals surface area (Å²) in [4.78, 5) is 23.7. The highest BCUT2D eigenvalue weighted by Gasteiger charge is 2.39. The summed E-state index contributed by atoms with van der Waals surface area (Å²) in [5.74, 6) is -0.766. The zero-order chi connectivity index (χ0) is 15.6. The minimum Gasteiger partial charge on any atom is -0.497 e. The molecule has 5 nitrogen and oxygen atoms in total. The number of nitrogens with one attached hydrogen (secondary N) is 1. The first-order chi connectivity index (χ1) is 9.85. The van der Waals surface area contributed by atoms with Crippen LogP contribution in [0.25, 0.3) is 0 Å². The van der Waals surface area contributed by atoms with Crippen LogP contribution in [0.4, 0.5) is 5.69 Å². The Labute approximate surface area is 124 Å². The highest BCUT2D eigenvalue weighted by Crippen LogP contribution is 2.43. The summed E-state index contributed by atoms with van der Waals surface area (Å²) in [5.41, 5.74) is 0.307. The van der Waals surface area contributed by atoms with E-state index in [9.17, 15) is 14.7 Å². The molecule has 114 valence electrons. The Morgan fingerprint density at radius 1 is 1.38 bits per heavy atom. The van der Waals surface area contributed by atoms with E-state index in [-0.39, 0.29) is 28.5 Å². The largest absolute Gasteiger partial charge is 0.497 e. The maximum atomic E-state index is 12.5. The third-order valence-electron chi connectivity index (χ3n) is 4.29. The van der Waals surface area contributed by atoms with Gasteiger partial charge in [-0.1, -0.05) is 20.3 Å². The molecule has 5 heteroatoms. The molecule has 1 aliphatic rings. The topological polar surface area (TPSA) is 75.6 Å². The Morgan fingerprint density at radius 3 is 2.62 bits per heavy atom. The van der Waals surface area contributed by atoms with Crippen LogP contribution in [0.1, 0.15) is 43.5 Å². The number of carboxylic acid groups (broad SMARTS) is 1.